The Hall–Kier alpha value is -1.58. The van der Waals surface area contributed by atoms with Crippen LogP contribution in [0.1, 0.15) is 21.7 Å². The Balaban J connectivity index is 1.66. The molecule has 3 rings (SSSR count). The lowest BCUT2D eigenvalue weighted by molar-refractivity contribution is -0.144. The van der Waals surface area contributed by atoms with E-state index in [1.54, 1.807) is 0 Å². The summed E-state index contributed by atoms with van der Waals surface area (Å²) in [6.45, 7) is 2.69. The van der Waals surface area contributed by atoms with E-state index in [0.29, 0.717) is 42.4 Å². The van der Waals surface area contributed by atoms with Gasteiger partial charge >= 0.3 is 6.18 Å². The van der Waals surface area contributed by atoms with Crippen molar-refractivity contribution in [3.05, 3.63) is 50.7 Å². The Morgan fingerprint density at radius 3 is 2.41 bits per heavy atom. The van der Waals surface area contributed by atoms with Crippen molar-refractivity contribution in [2.24, 2.45) is 7.05 Å². The van der Waals surface area contributed by atoms with Gasteiger partial charge in [0.15, 0.2) is 11.4 Å². The summed E-state index contributed by atoms with van der Waals surface area (Å²) in [4.78, 5) is 16.3. The summed E-state index contributed by atoms with van der Waals surface area (Å²) in [6.07, 6.45) is -4.59. The highest BCUT2D eigenvalue weighted by Gasteiger charge is 2.40. The van der Waals surface area contributed by atoms with Gasteiger partial charge in [0.1, 0.15) is 0 Å². The molecule has 1 saturated heterocycles. The molecule has 0 aliphatic carbocycles. The molecule has 1 aromatic carbocycles. The average molecular weight is 466 g/mol. The van der Waals surface area contributed by atoms with Crippen molar-refractivity contribution in [3.63, 3.8) is 0 Å². The fourth-order valence-corrected chi connectivity index (χ4v) is 3.99. The first-order chi connectivity index (χ1) is 12.7. The van der Waals surface area contributed by atoms with Crippen LogP contribution in [-0.4, -0.2) is 51.7 Å². The fourth-order valence-electron chi connectivity index (χ4n) is 3.07. The van der Waals surface area contributed by atoms with Crippen molar-refractivity contribution >= 4 is 33.4 Å². The third-order valence-electron chi connectivity index (χ3n) is 4.47. The Kier molecular flexibility index (Phi) is 5.83. The molecule has 27 heavy (non-hydrogen) atoms. The van der Waals surface area contributed by atoms with Crippen molar-refractivity contribution in [2.75, 3.05) is 26.2 Å². The number of amides is 1. The molecular formula is C17H17BrClF3N4O. The number of nitrogens with zero attached hydrogens (tertiary/aromatic N) is 4. The van der Waals surface area contributed by atoms with Crippen LogP contribution < -0.4 is 0 Å². The molecule has 2 aromatic rings. The second-order valence-electron chi connectivity index (χ2n) is 6.29. The van der Waals surface area contributed by atoms with Crippen molar-refractivity contribution in [1.29, 1.82) is 0 Å². The number of hydrogen-bond donors (Lipinski definition) is 0. The van der Waals surface area contributed by atoms with Crippen LogP contribution in [0.4, 0.5) is 13.2 Å². The first-order valence-electron chi connectivity index (χ1n) is 8.23. The minimum Gasteiger partial charge on any atom is -0.335 e. The lowest BCUT2D eigenvalue weighted by Crippen LogP contribution is -2.48. The van der Waals surface area contributed by atoms with Gasteiger partial charge in [0, 0.05) is 44.8 Å². The van der Waals surface area contributed by atoms with Crippen LogP contribution in [0.5, 0.6) is 0 Å². The molecular weight excluding hydrogens is 449 g/mol. The van der Waals surface area contributed by atoms with Gasteiger partial charge in [-0.05, 0) is 27.6 Å². The summed E-state index contributed by atoms with van der Waals surface area (Å²) >= 11 is 9.07. The molecule has 0 unspecified atom stereocenters. The van der Waals surface area contributed by atoms with Crippen molar-refractivity contribution < 1.29 is 18.0 Å². The first-order valence-corrected chi connectivity index (χ1v) is 9.40. The monoisotopic (exact) mass is 464 g/mol. The predicted octanol–water partition coefficient (Wildman–Crippen LogP) is 3.81. The molecule has 2 heterocycles. The Labute approximate surface area is 167 Å². The summed E-state index contributed by atoms with van der Waals surface area (Å²) in [5.41, 5.74) is -0.186. The smallest absolute Gasteiger partial charge is 0.335 e. The van der Waals surface area contributed by atoms with Crippen LogP contribution >= 0.6 is 27.5 Å². The maximum Gasteiger partial charge on any atom is 0.434 e. The van der Waals surface area contributed by atoms with Gasteiger partial charge in [-0.25, -0.2) is 0 Å². The first kappa shape index (κ1) is 20.2. The molecule has 1 amide bonds. The molecule has 10 heteroatoms. The SMILES string of the molecule is Cn1nc(C(=O)N2CCN(Cc3ccccc3Cl)CC2)c(Br)c1C(F)(F)F. The maximum absolute atomic E-state index is 13.1. The van der Waals surface area contributed by atoms with Gasteiger partial charge in [0.05, 0.1) is 4.47 Å². The predicted molar refractivity (Wildman–Crippen MR) is 98.5 cm³/mol. The van der Waals surface area contributed by atoms with Gasteiger partial charge in [-0.3, -0.25) is 14.4 Å². The number of benzene rings is 1. The molecule has 1 aromatic heterocycles. The zero-order valence-corrected chi connectivity index (χ0v) is 16.8. The number of carbonyl (C=O) groups excluding carboxylic acids is 1. The van der Waals surface area contributed by atoms with Crippen LogP contribution in [0.2, 0.25) is 5.02 Å². The number of hydrogen-bond acceptors (Lipinski definition) is 3. The summed E-state index contributed by atoms with van der Waals surface area (Å²) in [5.74, 6) is -0.509. The topological polar surface area (TPSA) is 41.4 Å². The van der Waals surface area contributed by atoms with Gasteiger partial charge < -0.3 is 4.90 Å². The summed E-state index contributed by atoms with van der Waals surface area (Å²) in [7, 11) is 1.17. The molecule has 1 fully saturated rings. The summed E-state index contributed by atoms with van der Waals surface area (Å²) < 4.78 is 39.6. The Bertz CT molecular complexity index is 847. The molecule has 146 valence electrons. The molecule has 1 aliphatic rings. The second kappa shape index (κ2) is 7.81. The van der Waals surface area contributed by atoms with E-state index >= 15 is 0 Å². The number of rotatable bonds is 3. The van der Waals surface area contributed by atoms with E-state index in [2.05, 4.69) is 25.9 Å². The zero-order valence-electron chi connectivity index (χ0n) is 14.4. The third kappa shape index (κ3) is 4.30. The molecule has 0 radical (unpaired) electrons. The minimum absolute atomic E-state index is 0.218. The molecule has 1 aliphatic heterocycles. The van der Waals surface area contributed by atoms with E-state index in [4.69, 9.17) is 11.6 Å². The quantitative estimate of drug-likeness (QED) is 0.692. The lowest BCUT2D eigenvalue weighted by atomic mass is 10.2. The van der Waals surface area contributed by atoms with Crippen molar-refractivity contribution in [2.45, 2.75) is 12.7 Å². The Morgan fingerprint density at radius 2 is 1.85 bits per heavy atom. The van der Waals surface area contributed by atoms with Gasteiger partial charge in [-0.1, -0.05) is 29.8 Å². The number of aryl methyl sites for hydroxylation is 1. The normalized spacial score (nSPS) is 16.0. The highest BCUT2D eigenvalue weighted by molar-refractivity contribution is 9.10. The van der Waals surface area contributed by atoms with Gasteiger partial charge in [-0.15, -0.1) is 0 Å². The largest absolute Gasteiger partial charge is 0.434 e. The van der Waals surface area contributed by atoms with Crippen molar-refractivity contribution in [3.8, 4) is 0 Å². The average Bonchev–Trinajstić information content (AvgIpc) is 2.91. The van der Waals surface area contributed by atoms with Crippen LogP contribution in [0.15, 0.2) is 28.7 Å². The maximum atomic E-state index is 13.1. The molecule has 0 saturated carbocycles. The summed E-state index contributed by atoms with van der Waals surface area (Å²) in [6, 6.07) is 7.55. The number of piperazine rings is 1. The van der Waals surface area contributed by atoms with Gasteiger partial charge in [0.25, 0.3) is 5.91 Å². The molecule has 0 spiro atoms. The fraction of sp³-hybridized carbons (Fsp3) is 0.412. The highest BCUT2D eigenvalue weighted by atomic mass is 79.9. The van der Waals surface area contributed by atoms with E-state index in [0.717, 1.165) is 5.56 Å². The number of alkyl halides is 3. The highest BCUT2D eigenvalue weighted by Crippen LogP contribution is 2.36. The molecule has 5 nitrogen and oxygen atoms in total. The van der Waals surface area contributed by atoms with Crippen molar-refractivity contribution in [1.82, 2.24) is 19.6 Å². The minimum atomic E-state index is -4.59. The van der Waals surface area contributed by atoms with Crippen LogP contribution in [0.25, 0.3) is 0 Å². The van der Waals surface area contributed by atoms with E-state index in [-0.39, 0.29) is 10.2 Å². The number of aromatic nitrogens is 2. The van der Waals surface area contributed by atoms with Crippen LogP contribution in [-0.2, 0) is 19.8 Å². The molecule has 0 atom stereocenters. The van der Waals surface area contributed by atoms with Crippen LogP contribution in [0, 0.1) is 0 Å². The number of carbonyl (C=O) groups is 1. The zero-order chi connectivity index (χ0) is 19.8. The molecule has 0 N–H and O–H groups in total. The second-order valence-corrected chi connectivity index (χ2v) is 7.49. The van der Waals surface area contributed by atoms with E-state index in [9.17, 15) is 18.0 Å². The lowest BCUT2D eigenvalue weighted by Gasteiger charge is -2.34. The Morgan fingerprint density at radius 1 is 1.22 bits per heavy atom. The van der Waals surface area contributed by atoms with E-state index in [1.165, 1.54) is 11.9 Å². The standard InChI is InChI=1S/C17H17BrClF3N4O/c1-24-15(17(20,21)22)13(18)14(23-24)16(27)26-8-6-25(7-9-26)10-11-4-2-3-5-12(11)19/h2-5H,6-10H2,1H3. The van der Waals surface area contributed by atoms with E-state index in [1.807, 2.05) is 24.3 Å². The number of halogens is 5. The molecule has 0 bridgehead atoms. The summed E-state index contributed by atoms with van der Waals surface area (Å²) in [5, 5.41) is 4.47. The van der Waals surface area contributed by atoms with Gasteiger partial charge in [-0.2, -0.15) is 18.3 Å². The van der Waals surface area contributed by atoms with E-state index < -0.39 is 17.8 Å². The van der Waals surface area contributed by atoms with Gasteiger partial charge in [0.2, 0.25) is 0 Å². The third-order valence-corrected chi connectivity index (χ3v) is 5.59. The van der Waals surface area contributed by atoms with Crippen LogP contribution in [0.3, 0.4) is 0 Å².